The van der Waals surface area contributed by atoms with Gasteiger partial charge in [0.2, 0.25) is 11.7 Å². The zero-order valence-electron chi connectivity index (χ0n) is 12.7. The number of hydrogen-bond donors (Lipinski definition) is 0. The van der Waals surface area contributed by atoms with Crippen molar-refractivity contribution in [3.63, 3.8) is 0 Å². The molecule has 0 saturated heterocycles. The van der Waals surface area contributed by atoms with Crippen molar-refractivity contribution in [1.82, 2.24) is 4.98 Å². The number of nitro groups is 1. The number of carbonyl (C=O) groups excluding carboxylic acids is 1. The van der Waals surface area contributed by atoms with Crippen LogP contribution in [-0.2, 0) is 11.3 Å². The highest BCUT2D eigenvalue weighted by atomic mass is 19.1. The number of esters is 1. The molecule has 0 atom stereocenters. The Morgan fingerprint density at radius 2 is 2.00 bits per heavy atom. The number of halogens is 1. The molecule has 0 radical (unpaired) electrons. The number of ether oxygens (including phenoxy) is 1. The van der Waals surface area contributed by atoms with Crippen LogP contribution in [0.3, 0.4) is 0 Å². The molecule has 25 heavy (non-hydrogen) atoms. The van der Waals surface area contributed by atoms with Gasteiger partial charge in [0, 0.05) is 11.6 Å². The minimum Gasteiger partial charge on any atom is -0.452 e. The van der Waals surface area contributed by atoms with Gasteiger partial charge in [-0.1, -0.05) is 30.3 Å². The first-order valence-corrected chi connectivity index (χ1v) is 7.16. The number of nitrogens with zero attached hydrogens (tertiary/aromatic N) is 2. The van der Waals surface area contributed by atoms with Crippen molar-refractivity contribution >= 4 is 11.7 Å². The van der Waals surface area contributed by atoms with Gasteiger partial charge in [0.15, 0.2) is 12.4 Å². The van der Waals surface area contributed by atoms with Gasteiger partial charge in [0.05, 0.1) is 16.7 Å². The third-order valence-corrected chi connectivity index (χ3v) is 3.32. The molecule has 0 fully saturated rings. The van der Waals surface area contributed by atoms with Crippen LogP contribution in [0.25, 0.3) is 11.3 Å². The van der Waals surface area contributed by atoms with Crippen molar-refractivity contribution < 1.29 is 23.3 Å². The number of benzene rings is 2. The molecule has 3 rings (SSSR count). The lowest BCUT2D eigenvalue weighted by molar-refractivity contribution is -0.387. The summed E-state index contributed by atoms with van der Waals surface area (Å²) in [6, 6.07) is 12.0. The zero-order valence-corrected chi connectivity index (χ0v) is 12.7. The Morgan fingerprint density at radius 3 is 2.68 bits per heavy atom. The van der Waals surface area contributed by atoms with Gasteiger partial charge in [-0.25, -0.2) is 9.78 Å². The van der Waals surface area contributed by atoms with Crippen LogP contribution in [0.4, 0.5) is 10.1 Å². The standard InChI is InChI=1S/C17H11FN2O5/c18-13-8-12(6-7-14(13)20(22)23)17(21)24-10-16-19-9-15(25-16)11-4-2-1-3-5-11/h1-9H,10H2. The molecule has 7 nitrogen and oxygen atoms in total. The summed E-state index contributed by atoms with van der Waals surface area (Å²) in [5.74, 6) is -1.25. The second-order valence-corrected chi connectivity index (χ2v) is 4.98. The van der Waals surface area contributed by atoms with Crippen LogP contribution in [0.1, 0.15) is 16.2 Å². The quantitative estimate of drug-likeness (QED) is 0.398. The molecular formula is C17H11FN2O5. The number of rotatable bonds is 5. The van der Waals surface area contributed by atoms with Crippen LogP contribution >= 0.6 is 0 Å². The summed E-state index contributed by atoms with van der Waals surface area (Å²) in [5, 5.41) is 10.6. The summed E-state index contributed by atoms with van der Waals surface area (Å²) >= 11 is 0. The summed E-state index contributed by atoms with van der Waals surface area (Å²) in [5.41, 5.74) is -0.0280. The van der Waals surface area contributed by atoms with Crippen molar-refractivity contribution in [3.8, 4) is 11.3 Å². The Kier molecular flexibility index (Phi) is 4.51. The van der Waals surface area contributed by atoms with E-state index in [2.05, 4.69) is 4.98 Å². The van der Waals surface area contributed by atoms with Gasteiger partial charge >= 0.3 is 11.7 Å². The number of hydrogen-bond acceptors (Lipinski definition) is 6. The molecule has 1 heterocycles. The van der Waals surface area contributed by atoms with Crippen molar-refractivity contribution in [3.05, 3.63) is 82.1 Å². The maximum absolute atomic E-state index is 13.5. The van der Waals surface area contributed by atoms with Crippen LogP contribution in [-0.4, -0.2) is 15.9 Å². The summed E-state index contributed by atoms with van der Waals surface area (Å²) in [4.78, 5) is 25.6. The third-order valence-electron chi connectivity index (χ3n) is 3.32. The molecule has 0 aliphatic rings. The maximum Gasteiger partial charge on any atom is 0.338 e. The lowest BCUT2D eigenvalue weighted by atomic mass is 10.2. The Hall–Kier alpha value is -3.55. The fraction of sp³-hybridized carbons (Fsp3) is 0.0588. The average Bonchev–Trinajstić information content (AvgIpc) is 3.09. The summed E-state index contributed by atoms with van der Waals surface area (Å²) in [6.07, 6.45) is 1.50. The second kappa shape index (κ2) is 6.91. The second-order valence-electron chi connectivity index (χ2n) is 4.98. The highest BCUT2D eigenvalue weighted by Crippen LogP contribution is 2.21. The van der Waals surface area contributed by atoms with E-state index in [0.29, 0.717) is 5.76 Å². The van der Waals surface area contributed by atoms with E-state index in [9.17, 15) is 19.3 Å². The highest BCUT2D eigenvalue weighted by molar-refractivity contribution is 5.89. The fourth-order valence-corrected chi connectivity index (χ4v) is 2.11. The highest BCUT2D eigenvalue weighted by Gasteiger charge is 2.18. The Balaban J connectivity index is 1.66. The molecule has 0 bridgehead atoms. The van der Waals surface area contributed by atoms with E-state index in [4.69, 9.17) is 9.15 Å². The molecule has 0 unspecified atom stereocenters. The first kappa shape index (κ1) is 16.3. The molecule has 8 heteroatoms. The zero-order chi connectivity index (χ0) is 17.8. The molecule has 1 aromatic heterocycles. The van der Waals surface area contributed by atoms with Gasteiger partial charge in [-0.15, -0.1) is 0 Å². The number of oxazole rings is 1. The molecule has 0 aliphatic carbocycles. The number of aromatic nitrogens is 1. The largest absolute Gasteiger partial charge is 0.452 e. The molecule has 3 aromatic rings. The summed E-state index contributed by atoms with van der Waals surface area (Å²) < 4.78 is 24.0. The predicted molar refractivity (Wildman–Crippen MR) is 84.1 cm³/mol. The topological polar surface area (TPSA) is 95.5 Å². The lowest BCUT2D eigenvalue weighted by Crippen LogP contribution is -2.06. The SMILES string of the molecule is O=C(OCc1ncc(-c2ccccc2)o1)c1ccc([N+](=O)[O-])c(F)c1. The molecule has 2 aromatic carbocycles. The molecule has 0 saturated carbocycles. The summed E-state index contributed by atoms with van der Waals surface area (Å²) in [6.45, 7) is -0.246. The third kappa shape index (κ3) is 3.69. The molecular weight excluding hydrogens is 331 g/mol. The molecule has 0 spiro atoms. The number of nitro benzene ring substituents is 1. The molecule has 0 N–H and O–H groups in total. The van der Waals surface area contributed by atoms with Crippen LogP contribution in [0.5, 0.6) is 0 Å². The molecule has 126 valence electrons. The number of carbonyl (C=O) groups is 1. The van der Waals surface area contributed by atoms with Gasteiger partial charge in [-0.2, -0.15) is 4.39 Å². The van der Waals surface area contributed by atoms with Crippen LogP contribution in [0.2, 0.25) is 0 Å². The average molecular weight is 342 g/mol. The van der Waals surface area contributed by atoms with Crippen molar-refractivity contribution in [2.24, 2.45) is 0 Å². The van der Waals surface area contributed by atoms with E-state index >= 15 is 0 Å². The normalized spacial score (nSPS) is 10.4. The minimum atomic E-state index is -1.11. The van der Waals surface area contributed by atoms with E-state index in [1.54, 1.807) is 0 Å². The maximum atomic E-state index is 13.5. The van der Waals surface area contributed by atoms with E-state index in [-0.39, 0.29) is 18.1 Å². The Labute approximate surface area is 140 Å². The van der Waals surface area contributed by atoms with Gasteiger partial charge in [0.1, 0.15) is 0 Å². The lowest BCUT2D eigenvalue weighted by Gasteiger charge is -2.03. The van der Waals surface area contributed by atoms with Gasteiger partial charge in [0.25, 0.3) is 0 Å². The molecule has 0 amide bonds. The van der Waals surface area contributed by atoms with Gasteiger partial charge in [-0.05, 0) is 12.1 Å². The first-order chi connectivity index (χ1) is 12.0. The smallest absolute Gasteiger partial charge is 0.338 e. The first-order valence-electron chi connectivity index (χ1n) is 7.16. The monoisotopic (exact) mass is 342 g/mol. The Morgan fingerprint density at radius 1 is 1.24 bits per heavy atom. The van der Waals surface area contributed by atoms with E-state index in [1.807, 2.05) is 30.3 Å². The van der Waals surface area contributed by atoms with E-state index in [0.717, 1.165) is 23.8 Å². The van der Waals surface area contributed by atoms with Crippen LogP contribution in [0, 0.1) is 15.9 Å². The minimum absolute atomic E-state index is 0.141. The summed E-state index contributed by atoms with van der Waals surface area (Å²) in [7, 11) is 0. The predicted octanol–water partition coefficient (Wildman–Crippen LogP) is 3.75. The van der Waals surface area contributed by atoms with Crippen LogP contribution < -0.4 is 0 Å². The molecule has 0 aliphatic heterocycles. The van der Waals surface area contributed by atoms with Crippen molar-refractivity contribution in [2.45, 2.75) is 6.61 Å². The Bertz CT molecular complexity index is 924. The van der Waals surface area contributed by atoms with E-state index < -0.39 is 22.4 Å². The van der Waals surface area contributed by atoms with Crippen molar-refractivity contribution in [1.29, 1.82) is 0 Å². The van der Waals surface area contributed by atoms with Gasteiger partial charge in [-0.3, -0.25) is 10.1 Å². The van der Waals surface area contributed by atoms with Crippen LogP contribution in [0.15, 0.2) is 59.1 Å². The fourth-order valence-electron chi connectivity index (χ4n) is 2.11. The van der Waals surface area contributed by atoms with E-state index in [1.165, 1.54) is 6.20 Å². The van der Waals surface area contributed by atoms with Crippen molar-refractivity contribution in [2.75, 3.05) is 0 Å². The van der Waals surface area contributed by atoms with Gasteiger partial charge < -0.3 is 9.15 Å².